The molecule has 0 radical (unpaired) electrons. The van der Waals surface area contributed by atoms with Gasteiger partial charge >= 0.3 is 0 Å². The highest BCUT2D eigenvalue weighted by molar-refractivity contribution is 7.92. The lowest BCUT2D eigenvalue weighted by Gasteiger charge is -2.10. The topological polar surface area (TPSA) is 72.2 Å². The van der Waals surface area contributed by atoms with Gasteiger partial charge in [0.05, 0.1) is 6.26 Å². The lowest BCUT2D eigenvalue weighted by Crippen LogP contribution is -2.09. The third-order valence-electron chi connectivity index (χ3n) is 4.49. The summed E-state index contributed by atoms with van der Waals surface area (Å²) in [5, 5.41) is 0. The number of anilines is 1. The predicted octanol–water partition coefficient (Wildman–Crippen LogP) is 4.04. The fraction of sp³-hybridized carbons (Fsp3) is 0.190. The van der Waals surface area contributed by atoms with E-state index in [-0.39, 0.29) is 0 Å². The summed E-state index contributed by atoms with van der Waals surface area (Å²) in [4.78, 5) is 4.62. The first-order valence-corrected chi connectivity index (χ1v) is 10.6. The van der Waals surface area contributed by atoms with E-state index >= 15 is 0 Å². The zero-order valence-electron chi connectivity index (χ0n) is 15.2. The van der Waals surface area contributed by atoms with Gasteiger partial charge in [-0.1, -0.05) is 36.4 Å². The number of fused-ring (bicyclic) bond motifs is 2. The van der Waals surface area contributed by atoms with Gasteiger partial charge in [0, 0.05) is 24.6 Å². The fourth-order valence-electron chi connectivity index (χ4n) is 3.44. The zero-order chi connectivity index (χ0) is 19.0. The van der Waals surface area contributed by atoms with Crippen LogP contribution >= 0.6 is 0 Å². The summed E-state index contributed by atoms with van der Waals surface area (Å²) in [6.45, 7) is 1.86. The second-order valence-electron chi connectivity index (χ2n) is 6.72. The molecule has 0 amide bonds. The monoisotopic (exact) mass is 380 g/mol. The van der Waals surface area contributed by atoms with Crippen LogP contribution in [0.5, 0.6) is 0 Å². The molecule has 0 saturated carbocycles. The smallest absolute Gasteiger partial charge is 0.229 e. The van der Waals surface area contributed by atoms with Gasteiger partial charge in [0.15, 0.2) is 5.89 Å². The molecule has 1 N–H and O–H groups in total. The fourth-order valence-corrected chi connectivity index (χ4v) is 4.00. The minimum Gasteiger partial charge on any atom is -0.445 e. The minimum atomic E-state index is -3.32. The zero-order valence-corrected chi connectivity index (χ0v) is 16.0. The molecule has 138 valence electrons. The summed E-state index contributed by atoms with van der Waals surface area (Å²) < 4.78 is 31.4. The number of aryl methyl sites for hydroxylation is 3. The summed E-state index contributed by atoms with van der Waals surface area (Å²) >= 11 is 0. The van der Waals surface area contributed by atoms with E-state index in [1.54, 1.807) is 6.07 Å². The number of oxazole rings is 1. The highest BCUT2D eigenvalue weighted by atomic mass is 32.2. The Morgan fingerprint density at radius 1 is 1.11 bits per heavy atom. The SMILES string of the molecule is Cc1nc2c(o1)CCc1ccccc1/C2=C\c1cccc(NS(C)(=O)=O)c1. The molecule has 0 saturated heterocycles. The maximum absolute atomic E-state index is 11.5. The number of nitrogens with one attached hydrogen (secondary N) is 1. The van der Waals surface area contributed by atoms with E-state index in [9.17, 15) is 8.42 Å². The number of nitrogens with zero attached hydrogens (tertiary/aromatic N) is 1. The number of sulfonamides is 1. The van der Waals surface area contributed by atoms with Crippen LogP contribution in [-0.4, -0.2) is 19.7 Å². The molecular formula is C21H20N2O3S. The van der Waals surface area contributed by atoms with Gasteiger partial charge in [-0.05, 0) is 41.3 Å². The van der Waals surface area contributed by atoms with Crippen molar-refractivity contribution in [1.29, 1.82) is 0 Å². The van der Waals surface area contributed by atoms with Gasteiger partial charge < -0.3 is 4.42 Å². The summed E-state index contributed by atoms with van der Waals surface area (Å²) in [6, 6.07) is 15.6. The molecule has 1 aliphatic carbocycles. The van der Waals surface area contributed by atoms with E-state index in [0.29, 0.717) is 11.6 Å². The third-order valence-corrected chi connectivity index (χ3v) is 5.10. The Labute approximate surface area is 158 Å². The number of hydrogen-bond acceptors (Lipinski definition) is 4. The Kier molecular flexibility index (Phi) is 4.36. The average Bonchev–Trinajstić information content (AvgIpc) is 2.91. The molecule has 4 rings (SSSR count). The molecule has 1 aromatic heterocycles. The first-order valence-electron chi connectivity index (χ1n) is 8.73. The highest BCUT2D eigenvalue weighted by Gasteiger charge is 2.22. The largest absolute Gasteiger partial charge is 0.445 e. The molecule has 1 aliphatic rings. The molecular weight excluding hydrogens is 360 g/mol. The normalized spacial score (nSPS) is 15.1. The summed E-state index contributed by atoms with van der Waals surface area (Å²) in [7, 11) is -3.32. The van der Waals surface area contributed by atoms with Crippen LogP contribution in [0, 0.1) is 6.92 Å². The van der Waals surface area contributed by atoms with E-state index in [1.807, 2.05) is 43.3 Å². The van der Waals surface area contributed by atoms with E-state index < -0.39 is 10.0 Å². The Balaban J connectivity index is 1.86. The molecule has 2 aromatic carbocycles. The molecule has 0 fully saturated rings. The second-order valence-corrected chi connectivity index (χ2v) is 8.47. The summed E-state index contributed by atoms with van der Waals surface area (Å²) in [5.74, 6) is 1.54. The van der Waals surface area contributed by atoms with E-state index in [1.165, 1.54) is 5.56 Å². The minimum absolute atomic E-state index is 0.533. The Morgan fingerprint density at radius 2 is 1.93 bits per heavy atom. The third kappa shape index (κ3) is 3.80. The summed E-state index contributed by atoms with van der Waals surface area (Å²) in [6.07, 6.45) is 4.88. The van der Waals surface area contributed by atoms with Crippen molar-refractivity contribution < 1.29 is 12.8 Å². The quantitative estimate of drug-likeness (QED) is 0.744. The predicted molar refractivity (Wildman–Crippen MR) is 107 cm³/mol. The Bertz CT molecular complexity index is 1140. The first kappa shape index (κ1) is 17.5. The molecule has 3 aromatic rings. The molecule has 0 spiro atoms. The second kappa shape index (κ2) is 6.70. The van der Waals surface area contributed by atoms with Gasteiger partial charge in [-0.25, -0.2) is 13.4 Å². The maximum atomic E-state index is 11.5. The van der Waals surface area contributed by atoms with Crippen LogP contribution in [-0.2, 0) is 22.9 Å². The van der Waals surface area contributed by atoms with Gasteiger partial charge in [-0.3, -0.25) is 4.72 Å². The van der Waals surface area contributed by atoms with Crippen molar-refractivity contribution >= 4 is 27.4 Å². The molecule has 0 aliphatic heterocycles. The highest BCUT2D eigenvalue weighted by Crippen LogP contribution is 2.35. The molecule has 6 heteroatoms. The van der Waals surface area contributed by atoms with E-state index in [0.717, 1.165) is 47.3 Å². The van der Waals surface area contributed by atoms with Crippen molar-refractivity contribution in [2.24, 2.45) is 0 Å². The van der Waals surface area contributed by atoms with Gasteiger partial charge in [-0.2, -0.15) is 0 Å². The van der Waals surface area contributed by atoms with Crippen molar-refractivity contribution in [3.63, 3.8) is 0 Å². The molecule has 5 nitrogen and oxygen atoms in total. The van der Waals surface area contributed by atoms with Crippen molar-refractivity contribution in [2.75, 3.05) is 11.0 Å². The number of benzene rings is 2. The van der Waals surface area contributed by atoms with Crippen LogP contribution < -0.4 is 4.72 Å². The van der Waals surface area contributed by atoms with Crippen molar-refractivity contribution in [2.45, 2.75) is 19.8 Å². The van der Waals surface area contributed by atoms with E-state index in [2.05, 4.69) is 21.8 Å². The van der Waals surface area contributed by atoms with Crippen LogP contribution in [0.15, 0.2) is 52.9 Å². The van der Waals surface area contributed by atoms with Crippen molar-refractivity contribution in [3.8, 4) is 0 Å². The van der Waals surface area contributed by atoms with Crippen LogP contribution in [0.3, 0.4) is 0 Å². The van der Waals surface area contributed by atoms with Crippen LogP contribution in [0.1, 0.15) is 34.0 Å². The molecule has 0 atom stereocenters. The van der Waals surface area contributed by atoms with Crippen LogP contribution in [0.2, 0.25) is 0 Å². The van der Waals surface area contributed by atoms with E-state index in [4.69, 9.17) is 4.42 Å². The molecule has 1 heterocycles. The Morgan fingerprint density at radius 3 is 2.74 bits per heavy atom. The molecule has 0 bridgehead atoms. The standard InChI is InChI=1S/C21H20N2O3S/c1-14-22-21-19(13-15-6-5-8-17(12-15)23-27(2,24)25)18-9-4-3-7-16(18)10-11-20(21)26-14/h3-9,12-13,23H,10-11H2,1-2H3/b19-13+. The van der Waals surface area contributed by atoms with Gasteiger partial charge in [0.25, 0.3) is 0 Å². The van der Waals surface area contributed by atoms with Crippen LogP contribution in [0.4, 0.5) is 5.69 Å². The van der Waals surface area contributed by atoms with Gasteiger partial charge in [0.2, 0.25) is 10.0 Å². The lowest BCUT2D eigenvalue weighted by atomic mass is 9.96. The molecule has 27 heavy (non-hydrogen) atoms. The summed E-state index contributed by atoms with van der Waals surface area (Å²) in [5.41, 5.74) is 5.66. The molecule has 0 unspecified atom stereocenters. The average molecular weight is 380 g/mol. The number of aromatic nitrogens is 1. The van der Waals surface area contributed by atoms with Crippen LogP contribution in [0.25, 0.3) is 11.6 Å². The van der Waals surface area contributed by atoms with Gasteiger partial charge in [0.1, 0.15) is 11.5 Å². The number of hydrogen-bond donors (Lipinski definition) is 1. The van der Waals surface area contributed by atoms with Gasteiger partial charge in [-0.15, -0.1) is 0 Å². The Hall–Kier alpha value is -2.86. The maximum Gasteiger partial charge on any atom is 0.229 e. The number of rotatable bonds is 3. The first-order chi connectivity index (χ1) is 12.9. The van der Waals surface area contributed by atoms with Crippen molar-refractivity contribution in [1.82, 2.24) is 4.98 Å². The lowest BCUT2D eigenvalue weighted by molar-refractivity contribution is 0.474. The van der Waals surface area contributed by atoms with Crippen molar-refractivity contribution in [3.05, 3.63) is 82.6 Å².